The van der Waals surface area contributed by atoms with Crippen molar-refractivity contribution in [1.82, 2.24) is 10.3 Å². The maximum Gasteiger partial charge on any atom is 0.147 e. The number of anilines is 1. The summed E-state index contributed by atoms with van der Waals surface area (Å²) in [7, 11) is 0. The first-order valence-corrected chi connectivity index (χ1v) is 8.19. The minimum atomic E-state index is 0.281. The molecule has 2 rings (SSSR count). The summed E-state index contributed by atoms with van der Waals surface area (Å²) in [6.07, 6.45) is 3.22. The van der Waals surface area contributed by atoms with Crippen LogP contribution in [0.2, 0.25) is 5.02 Å². The molecule has 1 aliphatic rings. The second kappa shape index (κ2) is 7.97. The van der Waals surface area contributed by atoms with Crippen molar-refractivity contribution in [3.63, 3.8) is 0 Å². The van der Waals surface area contributed by atoms with Crippen molar-refractivity contribution < 1.29 is 4.74 Å². The summed E-state index contributed by atoms with van der Waals surface area (Å²) in [5, 5.41) is 4.14. The van der Waals surface area contributed by atoms with E-state index in [0.29, 0.717) is 5.92 Å². The normalized spacial score (nSPS) is 19.3. The van der Waals surface area contributed by atoms with Gasteiger partial charge in [-0.2, -0.15) is 0 Å². The smallest absolute Gasteiger partial charge is 0.147 e. The van der Waals surface area contributed by atoms with Gasteiger partial charge in [0, 0.05) is 25.8 Å². The monoisotopic (exact) mass is 311 g/mol. The van der Waals surface area contributed by atoms with Crippen molar-refractivity contribution in [2.24, 2.45) is 5.92 Å². The average molecular weight is 312 g/mol. The molecule has 118 valence electrons. The molecular formula is C16H26ClN3O. The highest BCUT2D eigenvalue weighted by Gasteiger charge is 2.21. The molecule has 2 heterocycles. The molecule has 0 spiro atoms. The lowest BCUT2D eigenvalue weighted by Gasteiger charge is -2.33. The number of halogens is 1. The molecule has 1 aromatic heterocycles. The number of morpholine rings is 1. The van der Waals surface area contributed by atoms with Crippen LogP contribution >= 0.6 is 11.6 Å². The Labute approximate surface area is 132 Å². The quantitative estimate of drug-likeness (QED) is 0.876. The standard InChI is InChI=1S/C16H26ClN3O/c1-4-14-11-20(5-6-21-14)16-15(17)7-13(10-19-16)9-18-8-12(2)3/h7,10,12,14,18H,4-6,8-9,11H2,1-3H3. The third-order valence-corrected chi connectivity index (χ3v) is 3.93. The minimum Gasteiger partial charge on any atom is -0.375 e. The molecule has 1 fully saturated rings. The van der Waals surface area contributed by atoms with Crippen LogP contribution in [0.3, 0.4) is 0 Å². The molecule has 5 heteroatoms. The van der Waals surface area contributed by atoms with Crippen LogP contribution in [0, 0.1) is 5.92 Å². The van der Waals surface area contributed by atoms with Crippen molar-refractivity contribution in [3.8, 4) is 0 Å². The number of pyridine rings is 1. The number of nitrogens with zero attached hydrogens (tertiary/aromatic N) is 2. The molecule has 1 N–H and O–H groups in total. The molecule has 4 nitrogen and oxygen atoms in total. The zero-order chi connectivity index (χ0) is 15.2. The van der Waals surface area contributed by atoms with Crippen LogP contribution in [0.1, 0.15) is 32.8 Å². The van der Waals surface area contributed by atoms with Crippen LogP contribution in [0.15, 0.2) is 12.3 Å². The van der Waals surface area contributed by atoms with Crippen molar-refractivity contribution >= 4 is 17.4 Å². The summed E-state index contributed by atoms with van der Waals surface area (Å²) in [5.41, 5.74) is 1.13. The molecule has 0 aliphatic carbocycles. The molecule has 1 aliphatic heterocycles. The minimum absolute atomic E-state index is 0.281. The molecule has 21 heavy (non-hydrogen) atoms. The maximum absolute atomic E-state index is 6.42. The van der Waals surface area contributed by atoms with Crippen molar-refractivity contribution in [2.45, 2.75) is 39.8 Å². The summed E-state index contributed by atoms with van der Waals surface area (Å²) in [5.74, 6) is 1.53. The van der Waals surface area contributed by atoms with E-state index in [-0.39, 0.29) is 6.10 Å². The highest BCUT2D eigenvalue weighted by atomic mass is 35.5. The van der Waals surface area contributed by atoms with Gasteiger partial charge in [-0.1, -0.05) is 32.4 Å². The van der Waals surface area contributed by atoms with Gasteiger partial charge in [-0.05, 0) is 30.5 Å². The van der Waals surface area contributed by atoms with Gasteiger partial charge in [-0.3, -0.25) is 0 Å². The van der Waals surface area contributed by atoms with E-state index in [1.165, 1.54) is 0 Å². The molecular weight excluding hydrogens is 286 g/mol. The van der Waals surface area contributed by atoms with Crippen LogP contribution in [-0.4, -0.2) is 37.3 Å². The van der Waals surface area contributed by atoms with E-state index in [0.717, 1.165) is 55.6 Å². The van der Waals surface area contributed by atoms with Gasteiger partial charge in [0.1, 0.15) is 5.82 Å². The van der Waals surface area contributed by atoms with Crippen LogP contribution in [0.5, 0.6) is 0 Å². The number of hydrogen-bond donors (Lipinski definition) is 1. The fourth-order valence-corrected chi connectivity index (χ4v) is 2.77. The first-order chi connectivity index (χ1) is 10.1. The second-order valence-corrected chi connectivity index (χ2v) is 6.43. The molecule has 1 atom stereocenters. The average Bonchev–Trinajstić information content (AvgIpc) is 2.47. The Morgan fingerprint density at radius 3 is 3.00 bits per heavy atom. The summed E-state index contributed by atoms with van der Waals surface area (Å²) >= 11 is 6.42. The predicted octanol–water partition coefficient (Wildman–Crippen LogP) is 3.10. The van der Waals surface area contributed by atoms with Gasteiger partial charge in [0.2, 0.25) is 0 Å². The summed E-state index contributed by atoms with van der Waals surface area (Å²) in [4.78, 5) is 6.79. The topological polar surface area (TPSA) is 37.4 Å². The number of hydrogen-bond acceptors (Lipinski definition) is 4. The SMILES string of the molecule is CCC1CN(c2ncc(CNCC(C)C)cc2Cl)CCO1. The van der Waals surface area contributed by atoms with Gasteiger partial charge in [0.15, 0.2) is 0 Å². The number of ether oxygens (including phenoxy) is 1. The van der Waals surface area contributed by atoms with E-state index in [1.54, 1.807) is 0 Å². The molecule has 1 aromatic rings. The fourth-order valence-electron chi connectivity index (χ4n) is 2.46. The van der Waals surface area contributed by atoms with Crippen LogP contribution < -0.4 is 10.2 Å². The largest absolute Gasteiger partial charge is 0.375 e. The van der Waals surface area contributed by atoms with Gasteiger partial charge in [-0.15, -0.1) is 0 Å². The summed E-state index contributed by atoms with van der Waals surface area (Å²) in [6.45, 7) is 10.8. The zero-order valence-corrected chi connectivity index (χ0v) is 14.0. The number of aromatic nitrogens is 1. The van der Waals surface area contributed by atoms with E-state index < -0.39 is 0 Å². The molecule has 0 bridgehead atoms. The van der Waals surface area contributed by atoms with Gasteiger partial charge in [0.05, 0.1) is 17.7 Å². The Hall–Kier alpha value is -0.840. The Morgan fingerprint density at radius 1 is 1.52 bits per heavy atom. The number of nitrogens with one attached hydrogen (secondary N) is 1. The summed E-state index contributed by atoms with van der Waals surface area (Å²) in [6, 6.07) is 2.02. The molecule has 0 aromatic carbocycles. The van der Waals surface area contributed by atoms with Gasteiger partial charge in [0.25, 0.3) is 0 Å². The lowest BCUT2D eigenvalue weighted by molar-refractivity contribution is 0.0382. The van der Waals surface area contributed by atoms with Crippen LogP contribution in [-0.2, 0) is 11.3 Å². The third-order valence-electron chi connectivity index (χ3n) is 3.65. The fraction of sp³-hybridized carbons (Fsp3) is 0.688. The molecule has 0 amide bonds. The van der Waals surface area contributed by atoms with Crippen molar-refractivity contribution in [3.05, 3.63) is 22.8 Å². The van der Waals surface area contributed by atoms with E-state index in [2.05, 4.69) is 36.0 Å². The predicted molar refractivity (Wildman–Crippen MR) is 88.0 cm³/mol. The van der Waals surface area contributed by atoms with Crippen LogP contribution in [0.25, 0.3) is 0 Å². The Bertz CT molecular complexity index is 453. The van der Waals surface area contributed by atoms with Crippen molar-refractivity contribution in [1.29, 1.82) is 0 Å². The molecule has 1 unspecified atom stereocenters. The third kappa shape index (κ3) is 4.83. The molecule has 1 saturated heterocycles. The van der Waals surface area contributed by atoms with E-state index in [9.17, 15) is 0 Å². The first kappa shape index (κ1) is 16.5. The van der Waals surface area contributed by atoms with E-state index in [4.69, 9.17) is 16.3 Å². The lowest BCUT2D eigenvalue weighted by atomic mass is 10.2. The Balaban J connectivity index is 1.98. The van der Waals surface area contributed by atoms with E-state index in [1.807, 2.05) is 12.3 Å². The van der Waals surface area contributed by atoms with Crippen LogP contribution in [0.4, 0.5) is 5.82 Å². The Kier molecular flexibility index (Phi) is 6.27. The molecule has 0 saturated carbocycles. The van der Waals surface area contributed by atoms with Gasteiger partial charge >= 0.3 is 0 Å². The Morgan fingerprint density at radius 2 is 2.33 bits per heavy atom. The lowest BCUT2D eigenvalue weighted by Crippen LogP contribution is -2.42. The number of rotatable bonds is 6. The first-order valence-electron chi connectivity index (χ1n) is 7.81. The second-order valence-electron chi connectivity index (χ2n) is 6.02. The molecule has 0 radical (unpaired) electrons. The highest BCUT2D eigenvalue weighted by molar-refractivity contribution is 6.33. The summed E-state index contributed by atoms with van der Waals surface area (Å²) < 4.78 is 5.70. The van der Waals surface area contributed by atoms with Gasteiger partial charge in [-0.25, -0.2) is 4.98 Å². The zero-order valence-electron chi connectivity index (χ0n) is 13.2. The highest BCUT2D eigenvalue weighted by Crippen LogP contribution is 2.26. The van der Waals surface area contributed by atoms with Crippen molar-refractivity contribution in [2.75, 3.05) is 31.1 Å². The van der Waals surface area contributed by atoms with E-state index >= 15 is 0 Å². The maximum atomic E-state index is 6.42. The van der Waals surface area contributed by atoms with Gasteiger partial charge < -0.3 is 15.0 Å².